The van der Waals surface area contributed by atoms with Gasteiger partial charge in [0.1, 0.15) is 0 Å². The molecule has 2 N–H and O–H groups in total. The van der Waals surface area contributed by atoms with Crippen LogP contribution in [0.25, 0.3) is 0 Å². The second-order valence-corrected chi connectivity index (χ2v) is 8.83. The maximum absolute atomic E-state index is 14.7. The smallest absolute Gasteiger partial charge is 0.399 e. The number of halogens is 3. The third-order valence-electron chi connectivity index (χ3n) is 5.24. The van der Waals surface area contributed by atoms with Gasteiger partial charge in [-0.3, -0.25) is 4.79 Å². The Kier molecular flexibility index (Phi) is 6.21. The first kappa shape index (κ1) is 22.6. The predicted molar refractivity (Wildman–Crippen MR) is 120 cm³/mol. The van der Waals surface area contributed by atoms with E-state index in [1.165, 1.54) is 24.3 Å². The highest BCUT2D eigenvalue weighted by Crippen LogP contribution is 2.37. The van der Waals surface area contributed by atoms with E-state index in [4.69, 9.17) is 9.31 Å². The molecule has 30 heavy (non-hydrogen) atoms. The van der Waals surface area contributed by atoms with Crippen molar-refractivity contribution in [2.45, 2.75) is 38.9 Å². The Morgan fingerprint density at radius 1 is 0.900 bits per heavy atom. The minimum atomic E-state index is -1.22. The Hall–Kier alpha value is -2.05. The summed E-state index contributed by atoms with van der Waals surface area (Å²) in [5.74, 6) is -2.38. The van der Waals surface area contributed by atoms with E-state index < -0.39 is 36.0 Å². The highest BCUT2D eigenvalue weighted by Gasteiger charge is 2.52. The van der Waals surface area contributed by atoms with Crippen molar-refractivity contribution in [1.82, 2.24) is 0 Å². The van der Waals surface area contributed by atoms with Crippen LogP contribution in [0, 0.1) is 11.6 Å². The summed E-state index contributed by atoms with van der Waals surface area (Å²) in [5.41, 5.74) is -0.943. The molecular weight excluding hydrogens is 508 g/mol. The Bertz CT molecular complexity index is 983. The van der Waals surface area contributed by atoms with E-state index in [1.807, 2.05) is 27.7 Å². The van der Waals surface area contributed by atoms with Crippen LogP contribution in [-0.4, -0.2) is 28.1 Å². The summed E-state index contributed by atoms with van der Waals surface area (Å²) in [6.45, 7) is 7.24. The van der Waals surface area contributed by atoms with Crippen molar-refractivity contribution in [2.24, 2.45) is 0 Å². The van der Waals surface area contributed by atoms with E-state index in [9.17, 15) is 18.4 Å². The maximum atomic E-state index is 14.7. The molecule has 0 aliphatic carbocycles. The molecule has 2 aromatic carbocycles. The lowest BCUT2D eigenvalue weighted by molar-refractivity contribution is 0.00578. The minimum Gasteiger partial charge on any atom is -0.399 e. The number of urea groups is 1. The molecule has 10 heteroatoms. The number of amides is 2. The molecule has 2 aromatic rings. The third kappa shape index (κ3) is 4.50. The Morgan fingerprint density at radius 2 is 1.47 bits per heavy atom. The quantitative estimate of drug-likeness (QED) is 0.349. The molecule has 0 spiro atoms. The molecule has 0 atom stereocenters. The molecule has 6 nitrogen and oxygen atoms in total. The van der Waals surface area contributed by atoms with Crippen LogP contribution < -0.4 is 16.1 Å². The molecular formula is C20H20BF2IN2O4. The van der Waals surface area contributed by atoms with Crippen molar-refractivity contribution in [3.05, 3.63) is 53.6 Å². The van der Waals surface area contributed by atoms with E-state index in [0.717, 1.165) is 0 Å². The largest absolute Gasteiger partial charge is 0.497 e. The fourth-order valence-corrected chi connectivity index (χ4v) is 3.14. The van der Waals surface area contributed by atoms with Crippen molar-refractivity contribution in [3.63, 3.8) is 0 Å². The molecule has 0 bridgehead atoms. The summed E-state index contributed by atoms with van der Waals surface area (Å²) < 4.78 is 40.6. The van der Waals surface area contributed by atoms with Crippen LogP contribution in [0.1, 0.15) is 38.1 Å². The third-order valence-corrected chi connectivity index (χ3v) is 5.86. The SMILES string of the molecule is CC1(C)OB(c2ccc(NC(=O)Nc3ccc(C(=O)I)cc3)c(F)c2F)OC1(C)C. The number of hydrogen-bond donors (Lipinski definition) is 2. The van der Waals surface area contributed by atoms with Crippen molar-refractivity contribution < 1.29 is 27.7 Å². The van der Waals surface area contributed by atoms with Gasteiger partial charge >= 0.3 is 13.1 Å². The summed E-state index contributed by atoms with van der Waals surface area (Å²) in [5, 5.41) is 4.76. The highest BCUT2D eigenvalue weighted by atomic mass is 127. The van der Waals surface area contributed by atoms with Crippen molar-refractivity contribution in [3.8, 4) is 0 Å². The lowest BCUT2D eigenvalue weighted by atomic mass is 9.78. The molecule has 0 radical (unpaired) electrons. The molecule has 0 unspecified atom stereocenters. The lowest BCUT2D eigenvalue weighted by Crippen LogP contribution is -2.41. The topological polar surface area (TPSA) is 76.7 Å². The molecule has 1 saturated heterocycles. The van der Waals surface area contributed by atoms with Gasteiger partial charge in [0.15, 0.2) is 11.6 Å². The van der Waals surface area contributed by atoms with Gasteiger partial charge in [-0.25, -0.2) is 13.6 Å². The second-order valence-electron chi connectivity index (χ2n) is 7.85. The fourth-order valence-electron chi connectivity index (χ4n) is 2.78. The lowest BCUT2D eigenvalue weighted by Gasteiger charge is -2.32. The standard InChI is InChI=1S/C20H20BF2IN2O4/c1-19(2)20(3,4)30-21(29-19)13-9-10-14(16(23)15(13)22)26-18(28)25-12-7-5-11(6-8-12)17(24)27/h5-10H,1-4H3,(H2,25,26,28). The van der Waals surface area contributed by atoms with Gasteiger partial charge in [0, 0.05) is 39.3 Å². The summed E-state index contributed by atoms with van der Waals surface area (Å²) in [6.07, 6.45) is 0. The van der Waals surface area contributed by atoms with E-state index in [1.54, 1.807) is 34.7 Å². The average Bonchev–Trinajstić information content (AvgIpc) is 2.86. The zero-order valence-corrected chi connectivity index (χ0v) is 19.0. The zero-order chi connectivity index (χ0) is 22.3. The van der Waals surface area contributed by atoms with E-state index >= 15 is 0 Å². The Morgan fingerprint density at radius 3 is 2.00 bits per heavy atom. The van der Waals surface area contributed by atoms with Gasteiger partial charge in [-0.1, -0.05) is 6.07 Å². The van der Waals surface area contributed by atoms with Crippen LogP contribution in [0.2, 0.25) is 0 Å². The van der Waals surface area contributed by atoms with E-state index in [-0.39, 0.29) is 14.9 Å². The van der Waals surface area contributed by atoms with Crippen molar-refractivity contribution >= 4 is 56.4 Å². The first-order valence-electron chi connectivity index (χ1n) is 9.13. The Labute approximate surface area is 187 Å². The van der Waals surface area contributed by atoms with Crippen LogP contribution in [0.15, 0.2) is 36.4 Å². The van der Waals surface area contributed by atoms with Gasteiger partial charge in [0.25, 0.3) is 0 Å². The predicted octanol–water partition coefficient (Wildman–Crippen LogP) is 4.48. The molecule has 3 rings (SSSR count). The maximum Gasteiger partial charge on any atom is 0.497 e. The summed E-state index contributed by atoms with van der Waals surface area (Å²) >= 11 is 1.65. The fraction of sp³-hybridized carbons (Fsp3) is 0.300. The molecule has 1 aliphatic rings. The minimum absolute atomic E-state index is 0.0869. The van der Waals surface area contributed by atoms with Gasteiger partial charge in [-0.15, -0.1) is 0 Å². The first-order valence-corrected chi connectivity index (χ1v) is 10.2. The molecule has 0 saturated carbocycles. The van der Waals surface area contributed by atoms with Crippen molar-refractivity contribution in [1.29, 1.82) is 0 Å². The van der Waals surface area contributed by atoms with Crippen molar-refractivity contribution in [2.75, 3.05) is 10.6 Å². The number of carbonyl (C=O) groups excluding carboxylic acids is 2. The van der Waals surface area contributed by atoms with Gasteiger partial charge in [0.05, 0.1) is 16.9 Å². The van der Waals surface area contributed by atoms with E-state index in [2.05, 4.69) is 10.6 Å². The van der Waals surface area contributed by atoms with Crippen LogP contribution >= 0.6 is 22.6 Å². The normalized spacial score (nSPS) is 17.0. The van der Waals surface area contributed by atoms with Crippen LogP contribution in [0.3, 0.4) is 0 Å². The summed E-state index contributed by atoms with van der Waals surface area (Å²) in [7, 11) is -1.06. The highest BCUT2D eigenvalue weighted by molar-refractivity contribution is 14.1. The van der Waals surface area contributed by atoms with Crippen LogP contribution in [0.5, 0.6) is 0 Å². The van der Waals surface area contributed by atoms with Crippen LogP contribution in [-0.2, 0) is 9.31 Å². The number of benzene rings is 2. The summed E-state index contributed by atoms with van der Waals surface area (Å²) in [6, 6.07) is 7.96. The number of nitrogens with one attached hydrogen (secondary N) is 2. The molecule has 1 heterocycles. The molecule has 2 amide bonds. The first-order chi connectivity index (χ1) is 13.9. The average molecular weight is 528 g/mol. The number of hydrogen-bond acceptors (Lipinski definition) is 4. The van der Waals surface area contributed by atoms with Crippen LogP contribution in [0.4, 0.5) is 25.0 Å². The monoisotopic (exact) mass is 528 g/mol. The molecule has 1 fully saturated rings. The molecule has 1 aliphatic heterocycles. The van der Waals surface area contributed by atoms with Gasteiger partial charge in [0.2, 0.25) is 3.79 Å². The second kappa shape index (κ2) is 8.24. The molecule has 158 valence electrons. The van der Waals surface area contributed by atoms with E-state index in [0.29, 0.717) is 11.3 Å². The number of carbonyl (C=O) groups is 2. The van der Waals surface area contributed by atoms with Gasteiger partial charge < -0.3 is 19.9 Å². The zero-order valence-electron chi connectivity index (χ0n) is 16.8. The number of rotatable bonds is 4. The van der Waals surface area contributed by atoms with Gasteiger partial charge in [-0.2, -0.15) is 0 Å². The Balaban J connectivity index is 1.73. The summed E-state index contributed by atoms with van der Waals surface area (Å²) in [4.78, 5) is 23.4. The van der Waals surface area contributed by atoms with Gasteiger partial charge in [-0.05, 0) is 58.0 Å². The number of anilines is 2. The molecule has 0 aromatic heterocycles.